The number of aliphatic hydroxyl groups is 1. The highest BCUT2D eigenvalue weighted by Gasteiger charge is 2.52. The second-order valence-electron chi connectivity index (χ2n) is 5.37. The molecule has 0 bridgehead atoms. The Hall–Kier alpha value is -1.01. The fourth-order valence-corrected chi connectivity index (χ4v) is 2.70. The summed E-state index contributed by atoms with van der Waals surface area (Å²) < 4.78 is 5.22. The molecule has 0 aliphatic heterocycles. The number of carbonyl (C=O) groups is 1. The molecule has 0 saturated heterocycles. The molecule has 0 radical (unpaired) electrons. The number of carbonyl (C=O) groups excluding carboxylic acids is 1. The standard InChI is InChI=1S/C13H20O3/c1-6-13(15)9(2)7-11(16-10(3)14)8-12(13,4)5/h1,9,11,15H,7-8H2,2-5H3/t9-,11-,13+/m1/s1. The highest BCUT2D eigenvalue weighted by Crippen LogP contribution is 2.47. The normalized spacial score (nSPS) is 37.5. The van der Waals surface area contributed by atoms with Crippen LogP contribution in [0.2, 0.25) is 0 Å². The minimum Gasteiger partial charge on any atom is -0.463 e. The molecule has 0 aromatic carbocycles. The molecule has 0 aromatic heterocycles. The van der Waals surface area contributed by atoms with Crippen molar-refractivity contribution >= 4 is 5.97 Å². The monoisotopic (exact) mass is 224 g/mol. The predicted octanol–water partition coefficient (Wildman–Crippen LogP) is 1.74. The molecule has 3 heteroatoms. The van der Waals surface area contributed by atoms with Crippen molar-refractivity contribution in [2.24, 2.45) is 11.3 Å². The average molecular weight is 224 g/mol. The SMILES string of the molecule is C#C[C@]1(O)[C@H](C)C[C@@H](OC(C)=O)CC1(C)C. The zero-order valence-corrected chi connectivity index (χ0v) is 10.4. The molecule has 1 N–H and O–H groups in total. The first-order valence-corrected chi connectivity index (χ1v) is 5.60. The Kier molecular flexibility index (Phi) is 3.35. The zero-order valence-electron chi connectivity index (χ0n) is 10.4. The van der Waals surface area contributed by atoms with Gasteiger partial charge >= 0.3 is 5.97 Å². The van der Waals surface area contributed by atoms with Gasteiger partial charge in [-0.2, -0.15) is 0 Å². The van der Waals surface area contributed by atoms with E-state index in [0.717, 1.165) is 0 Å². The van der Waals surface area contributed by atoms with E-state index < -0.39 is 11.0 Å². The molecule has 3 nitrogen and oxygen atoms in total. The first-order valence-electron chi connectivity index (χ1n) is 5.60. The van der Waals surface area contributed by atoms with Crippen LogP contribution in [0.3, 0.4) is 0 Å². The molecule has 16 heavy (non-hydrogen) atoms. The molecule has 1 saturated carbocycles. The van der Waals surface area contributed by atoms with Crippen LogP contribution in [0.1, 0.15) is 40.5 Å². The average Bonchev–Trinajstić information content (AvgIpc) is 2.12. The number of esters is 1. The van der Waals surface area contributed by atoms with E-state index in [9.17, 15) is 9.90 Å². The molecule has 0 amide bonds. The zero-order chi connectivity index (χ0) is 12.6. The largest absolute Gasteiger partial charge is 0.463 e. The van der Waals surface area contributed by atoms with Crippen LogP contribution in [-0.2, 0) is 9.53 Å². The summed E-state index contributed by atoms with van der Waals surface area (Å²) in [6.45, 7) is 7.13. The van der Waals surface area contributed by atoms with Gasteiger partial charge in [-0.25, -0.2) is 0 Å². The lowest BCUT2D eigenvalue weighted by Gasteiger charge is -2.49. The maximum absolute atomic E-state index is 10.9. The lowest BCUT2D eigenvalue weighted by atomic mass is 9.60. The van der Waals surface area contributed by atoms with Crippen LogP contribution in [0.5, 0.6) is 0 Å². The van der Waals surface area contributed by atoms with E-state index >= 15 is 0 Å². The molecule has 1 fully saturated rings. The summed E-state index contributed by atoms with van der Waals surface area (Å²) in [5, 5.41) is 10.5. The molecule has 0 aromatic rings. The first kappa shape index (κ1) is 13.1. The van der Waals surface area contributed by atoms with Crippen molar-refractivity contribution in [2.75, 3.05) is 0 Å². The summed E-state index contributed by atoms with van der Waals surface area (Å²) in [5.74, 6) is 2.15. The van der Waals surface area contributed by atoms with E-state index in [1.54, 1.807) is 0 Å². The van der Waals surface area contributed by atoms with Gasteiger partial charge < -0.3 is 9.84 Å². The second-order valence-corrected chi connectivity index (χ2v) is 5.37. The first-order chi connectivity index (χ1) is 7.23. The number of rotatable bonds is 1. The molecular formula is C13H20O3. The van der Waals surface area contributed by atoms with Crippen molar-refractivity contribution < 1.29 is 14.6 Å². The summed E-state index contributed by atoms with van der Waals surface area (Å²) in [4.78, 5) is 10.9. The predicted molar refractivity (Wildman–Crippen MR) is 61.5 cm³/mol. The summed E-state index contributed by atoms with van der Waals surface area (Å²) in [6.07, 6.45) is 6.51. The molecule has 0 unspecified atom stereocenters. The number of hydrogen-bond acceptors (Lipinski definition) is 3. The molecule has 1 aliphatic rings. The third kappa shape index (κ3) is 2.08. The topological polar surface area (TPSA) is 46.5 Å². The molecule has 0 heterocycles. The van der Waals surface area contributed by atoms with Crippen molar-refractivity contribution in [1.29, 1.82) is 0 Å². The highest BCUT2D eigenvalue weighted by molar-refractivity contribution is 5.66. The molecule has 1 aliphatic carbocycles. The lowest BCUT2D eigenvalue weighted by molar-refractivity contribution is -0.164. The lowest BCUT2D eigenvalue weighted by Crippen LogP contribution is -2.55. The Morgan fingerprint density at radius 1 is 1.56 bits per heavy atom. The Balaban J connectivity index is 2.89. The van der Waals surface area contributed by atoms with Crippen LogP contribution in [0.4, 0.5) is 0 Å². The Bertz CT molecular complexity index is 327. The molecule has 0 spiro atoms. The molecule has 3 atom stereocenters. The Morgan fingerprint density at radius 3 is 2.50 bits per heavy atom. The van der Waals surface area contributed by atoms with E-state index in [4.69, 9.17) is 11.2 Å². The van der Waals surface area contributed by atoms with Gasteiger partial charge in [0.1, 0.15) is 11.7 Å². The van der Waals surface area contributed by atoms with Gasteiger partial charge in [-0.15, -0.1) is 6.42 Å². The van der Waals surface area contributed by atoms with Crippen molar-refractivity contribution in [2.45, 2.75) is 52.2 Å². The molecule has 90 valence electrons. The van der Waals surface area contributed by atoms with Crippen LogP contribution >= 0.6 is 0 Å². The van der Waals surface area contributed by atoms with Gasteiger partial charge in [0.2, 0.25) is 0 Å². The van der Waals surface area contributed by atoms with Gasteiger partial charge in [0.15, 0.2) is 0 Å². The molecular weight excluding hydrogens is 204 g/mol. The van der Waals surface area contributed by atoms with Crippen molar-refractivity contribution in [3.05, 3.63) is 0 Å². The summed E-state index contributed by atoms with van der Waals surface area (Å²) in [7, 11) is 0. The number of terminal acetylenes is 1. The van der Waals surface area contributed by atoms with E-state index in [-0.39, 0.29) is 18.0 Å². The second kappa shape index (κ2) is 4.10. The third-order valence-corrected chi connectivity index (χ3v) is 3.65. The van der Waals surface area contributed by atoms with Crippen LogP contribution < -0.4 is 0 Å². The number of hydrogen-bond donors (Lipinski definition) is 1. The van der Waals surface area contributed by atoms with Gasteiger partial charge in [-0.3, -0.25) is 4.79 Å². The quantitative estimate of drug-likeness (QED) is 0.545. The van der Waals surface area contributed by atoms with Crippen LogP contribution in [0.15, 0.2) is 0 Å². The van der Waals surface area contributed by atoms with E-state index in [1.165, 1.54) is 6.92 Å². The highest BCUT2D eigenvalue weighted by atomic mass is 16.5. The summed E-state index contributed by atoms with van der Waals surface area (Å²) in [6, 6.07) is 0. The van der Waals surface area contributed by atoms with E-state index in [1.807, 2.05) is 20.8 Å². The maximum atomic E-state index is 10.9. The van der Waals surface area contributed by atoms with Gasteiger partial charge in [0.25, 0.3) is 0 Å². The summed E-state index contributed by atoms with van der Waals surface area (Å²) in [5.41, 5.74) is -1.57. The van der Waals surface area contributed by atoms with Crippen molar-refractivity contribution in [3.63, 3.8) is 0 Å². The van der Waals surface area contributed by atoms with Gasteiger partial charge in [0, 0.05) is 18.3 Å². The minimum absolute atomic E-state index is 0.0781. The maximum Gasteiger partial charge on any atom is 0.302 e. The van der Waals surface area contributed by atoms with Gasteiger partial charge in [0.05, 0.1) is 0 Å². The van der Waals surface area contributed by atoms with Crippen molar-refractivity contribution in [3.8, 4) is 12.3 Å². The Labute approximate surface area is 97.2 Å². The van der Waals surface area contributed by atoms with Gasteiger partial charge in [-0.1, -0.05) is 26.7 Å². The van der Waals surface area contributed by atoms with Gasteiger partial charge in [-0.05, 0) is 12.8 Å². The van der Waals surface area contributed by atoms with Crippen LogP contribution in [0.25, 0.3) is 0 Å². The Morgan fingerprint density at radius 2 is 2.12 bits per heavy atom. The number of ether oxygens (including phenoxy) is 1. The fourth-order valence-electron chi connectivity index (χ4n) is 2.70. The fraction of sp³-hybridized carbons (Fsp3) is 0.769. The van der Waals surface area contributed by atoms with Crippen LogP contribution in [-0.4, -0.2) is 22.8 Å². The van der Waals surface area contributed by atoms with Crippen LogP contribution in [0, 0.1) is 23.7 Å². The van der Waals surface area contributed by atoms with Crippen molar-refractivity contribution in [1.82, 2.24) is 0 Å². The summed E-state index contributed by atoms with van der Waals surface area (Å²) >= 11 is 0. The third-order valence-electron chi connectivity index (χ3n) is 3.65. The van der Waals surface area contributed by atoms with E-state index in [0.29, 0.717) is 12.8 Å². The van der Waals surface area contributed by atoms with E-state index in [2.05, 4.69) is 5.92 Å². The smallest absolute Gasteiger partial charge is 0.302 e. The minimum atomic E-state index is -1.12. The molecule has 1 rings (SSSR count).